The van der Waals surface area contributed by atoms with Gasteiger partial charge in [-0.3, -0.25) is 9.35 Å². The molecule has 0 aliphatic carbocycles. The molecule has 4 aromatic rings. The van der Waals surface area contributed by atoms with Gasteiger partial charge in [-0.1, -0.05) is 53.2 Å². The Morgan fingerprint density at radius 3 is 2.38 bits per heavy atom. The zero-order valence-corrected chi connectivity index (χ0v) is 25.4. The number of ether oxygens (including phenoxy) is 1. The molecule has 0 bridgehead atoms. The average molecular weight is 596 g/mol. The van der Waals surface area contributed by atoms with E-state index in [9.17, 15) is 22.9 Å². The van der Waals surface area contributed by atoms with E-state index in [1.165, 1.54) is 25.1 Å². The fourth-order valence-corrected chi connectivity index (χ4v) is 4.98. The topological polar surface area (TPSA) is 140 Å². The first-order chi connectivity index (χ1) is 18.0. The summed E-state index contributed by atoms with van der Waals surface area (Å²) in [5, 5.41) is 25.5. The van der Waals surface area contributed by atoms with Gasteiger partial charge in [0.15, 0.2) is 0 Å². The van der Waals surface area contributed by atoms with E-state index in [1.54, 1.807) is 36.4 Å². The summed E-state index contributed by atoms with van der Waals surface area (Å²) in [6, 6.07) is 15.3. The SMILES string of the molecule is CCOc1ccc(NC(=O)c2cc3ccccc3c(N=Nc3c(Cl)ccc(S(=O)(=O)O)c3C)c2[O-])cc1Cl.[Na+]. The number of hydrogen-bond acceptors (Lipinski definition) is 7. The van der Waals surface area contributed by atoms with E-state index in [2.05, 4.69) is 15.5 Å². The van der Waals surface area contributed by atoms with Crippen molar-refractivity contribution in [2.75, 3.05) is 11.9 Å². The number of benzene rings is 4. The minimum atomic E-state index is -4.55. The molecular weight excluding hydrogens is 576 g/mol. The quantitative estimate of drug-likeness (QED) is 0.189. The first kappa shape index (κ1) is 30.8. The number of fused-ring (bicyclic) bond motifs is 1. The van der Waals surface area contributed by atoms with Gasteiger partial charge in [-0.2, -0.15) is 13.5 Å². The summed E-state index contributed by atoms with van der Waals surface area (Å²) < 4.78 is 38.3. The third kappa shape index (κ3) is 6.72. The molecule has 13 heteroatoms. The van der Waals surface area contributed by atoms with Crippen LogP contribution in [0.1, 0.15) is 22.8 Å². The molecular formula is C26H20Cl2N3NaO6S. The Morgan fingerprint density at radius 2 is 1.72 bits per heavy atom. The molecule has 1 amide bonds. The van der Waals surface area contributed by atoms with Crippen LogP contribution >= 0.6 is 23.2 Å². The van der Waals surface area contributed by atoms with Crippen molar-refractivity contribution in [2.45, 2.75) is 18.7 Å². The summed E-state index contributed by atoms with van der Waals surface area (Å²) in [7, 11) is -4.55. The van der Waals surface area contributed by atoms with E-state index in [-0.39, 0.29) is 57.1 Å². The minimum Gasteiger partial charge on any atom is -0.870 e. The van der Waals surface area contributed by atoms with E-state index in [0.29, 0.717) is 33.8 Å². The van der Waals surface area contributed by atoms with Crippen molar-refractivity contribution in [1.29, 1.82) is 0 Å². The number of anilines is 1. The Bertz CT molecular complexity index is 1710. The number of amides is 1. The summed E-state index contributed by atoms with van der Waals surface area (Å²) in [6.07, 6.45) is 0. The van der Waals surface area contributed by atoms with Gasteiger partial charge >= 0.3 is 29.6 Å². The van der Waals surface area contributed by atoms with Crippen LogP contribution in [-0.4, -0.2) is 25.5 Å². The minimum absolute atomic E-state index is 0. The van der Waals surface area contributed by atoms with Crippen molar-refractivity contribution in [3.8, 4) is 11.5 Å². The molecule has 4 aromatic carbocycles. The van der Waals surface area contributed by atoms with Crippen molar-refractivity contribution in [3.05, 3.63) is 81.8 Å². The summed E-state index contributed by atoms with van der Waals surface area (Å²) >= 11 is 12.4. The molecule has 9 nitrogen and oxygen atoms in total. The largest absolute Gasteiger partial charge is 1.00 e. The summed E-state index contributed by atoms with van der Waals surface area (Å²) in [6.45, 7) is 3.63. The van der Waals surface area contributed by atoms with Gasteiger partial charge in [0.2, 0.25) is 0 Å². The summed E-state index contributed by atoms with van der Waals surface area (Å²) in [5.41, 5.74) is -0.00239. The fraction of sp³-hybridized carbons (Fsp3) is 0.115. The van der Waals surface area contributed by atoms with Crippen LogP contribution in [0.25, 0.3) is 10.8 Å². The molecule has 0 saturated carbocycles. The van der Waals surface area contributed by atoms with Gasteiger partial charge in [0.1, 0.15) is 11.4 Å². The monoisotopic (exact) mass is 595 g/mol. The number of carbonyl (C=O) groups excluding carboxylic acids is 1. The van der Waals surface area contributed by atoms with Gasteiger partial charge < -0.3 is 15.2 Å². The molecule has 0 saturated heterocycles. The number of carbonyl (C=O) groups is 1. The van der Waals surface area contributed by atoms with Crippen LogP contribution in [0.2, 0.25) is 10.0 Å². The van der Waals surface area contributed by atoms with E-state index in [1.807, 2.05) is 6.92 Å². The molecule has 0 atom stereocenters. The molecule has 0 aliphatic heterocycles. The van der Waals surface area contributed by atoms with Gasteiger partial charge in [-0.25, -0.2) is 0 Å². The van der Waals surface area contributed by atoms with Crippen LogP contribution in [-0.2, 0) is 10.1 Å². The zero-order valence-electron chi connectivity index (χ0n) is 21.0. The number of nitrogens with zero attached hydrogens (tertiary/aromatic N) is 2. The molecule has 0 radical (unpaired) electrons. The number of nitrogens with one attached hydrogen (secondary N) is 1. The van der Waals surface area contributed by atoms with E-state index >= 15 is 0 Å². The molecule has 0 aliphatic rings. The average Bonchev–Trinajstić information content (AvgIpc) is 2.85. The van der Waals surface area contributed by atoms with Crippen molar-refractivity contribution in [1.82, 2.24) is 0 Å². The van der Waals surface area contributed by atoms with Crippen LogP contribution in [0.15, 0.2) is 75.8 Å². The number of rotatable bonds is 7. The second-order valence-electron chi connectivity index (χ2n) is 8.05. The summed E-state index contributed by atoms with van der Waals surface area (Å²) in [5.74, 6) is -0.946. The van der Waals surface area contributed by atoms with Crippen LogP contribution in [0.5, 0.6) is 11.5 Å². The van der Waals surface area contributed by atoms with Crippen molar-refractivity contribution in [3.63, 3.8) is 0 Å². The standard InChI is InChI=1S/C26H21Cl2N3O6S.Na/c1-3-37-21-10-8-16(13-20(21)28)29-26(33)18-12-15-6-4-5-7-17(15)24(25(18)32)31-30-23-14(2)22(38(34,35)36)11-9-19(23)27;/h4-13,32H,3H2,1-2H3,(H,29,33)(H,34,35,36);/q;+1/p-1. The molecule has 0 heterocycles. The maximum atomic E-state index is 13.4. The maximum Gasteiger partial charge on any atom is 1.00 e. The Hall–Kier alpha value is -2.70. The molecule has 4 rings (SSSR count). The third-order valence-corrected chi connectivity index (χ3v) is 7.17. The summed E-state index contributed by atoms with van der Waals surface area (Å²) in [4.78, 5) is 12.7. The predicted molar refractivity (Wildman–Crippen MR) is 144 cm³/mol. The Balaban J connectivity index is 0.00000420. The van der Waals surface area contributed by atoms with Gasteiger partial charge in [-0.15, -0.1) is 5.11 Å². The van der Waals surface area contributed by atoms with E-state index < -0.39 is 26.7 Å². The molecule has 196 valence electrons. The van der Waals surface area contributed by atoms with E-state index in [4.69, 9.17) is 27.9 Å². The number of halogens is 2. The van der Waals surface area contributed by atoms with Crippen molar-refractivity contribution in [2.24, 2.45) is 10.2 Å². The second-order valence-corrected chi connectivity index (χ2v) is 10.3. The van der Waals surface area contributed by atoms with Gasteiger partial charge in [0.25, 0.3) is 16.0 Å². The van der Waals surface area contributed by atoms with Crippen molar-refractivity contribution >= 4 is 67.1 Å². The third-order valence-electron chi connectivity index (χ3n) is 5.57. The zero-order chi connectivity index (χ0) is 27.6. The van der Waals surface area contributed by atoms with Crippen LogP contribution < -0.4 is 44.7 Å². The van der Waals surface area contributed by atoms with Crippen LogP contribution in [0.4, 0.5) is 17.1 Å². The van der Waals surface area contributed by atoms with Crippen molar-refractivity contribution < 1.29 is 57.2 Å². The molecule has 0 spiro atoms. The molecule has 2 N–H and O–H groups in total. The Labute approximate surface area is 256 Å². The van der Waals surface area contributed by atoms with Gasteiger partial charge in [0.05, 0.1) is 27.2 Å². The molecule has 0 aromatic heterocycles. The number of azo groups is 1. The first-order valence-corrected chi connectivity index (χ1v) is 13.4. The van der Waals surface area contributed by atoms with Gasteiger partial charge in [0, 0.05) is 16.6 Å². The van der Waals surface area contributed by atoms with Crippen LogP contribution in [0.3, 0.4) is 0 Å². The fourth-order valence-electron chi connectivity index (χ4n) is 3.78. The maximum absolute atomic E-state index is 13.4. The first-order valence-electron chi connectivity index (χ1n) is 11.2. The Kier molecular flexibility index (Phi) is 10.0. The molecule has 39 heavy (non-hydrogen) atoms. The smallest absolute Gasteiger partial charge is 0.870 e. The number of hydrogen-bond donors (Lipinski definition) is 2. The van der Waals surface area contributed by atoms with Gasteiger partial charge in [-0.05, 0) is 61.2 Å². The van der Waals surface area contributed by atoms with E-state index in [0.717, 1.165) is 6.07 Å². The predicted octanol–water partition coefficient (Wildman–Crippen LogP) is 3.85. The normalized spacial score (nSPS) is 11.4. The second kappa shape index (κ2) is 12.6. The van der Waals surface area contributed by atoms with Crippen LogP contribution in [0, 0.1) is 6.92 Å². The molecule has 0 unspecified atom stereocenters. The Morgan fingerprint density at radius 1 is 1.03 bits per heavy atom. The molecule has 0 fully saturated rings.